The molecule has 0 aromatic carbocycles. The van der Waals surface area contributed by atoms with E-state index in [0.717, 1.165) is 6.42 Å². The van der Waals surface area contributed by atoms with Gasteiger partial charge in [0.05, 0.1) is 40.0 Å². The van der Waals surface area contributed by atoms with E-state index in [1.54, 1.807) is 36.5 Å². The van der Waals surface area contributed by atoms with Gasteiger partial charge in [-0.2, -0.15) is 0 Å². The maximum absolute atomic E-state index is 12.2. The average Bonchev–Trinajstić information content (AvgIpc) is 2.92. The minimum absolute atomic E-state index is 0.0346. The summed E-state index contributed by atoms with van der Waals surface area (Å²) in [5.74, 6) is -1.21. The number of carbonyl (C=O) groups is 2. The third-order valence-corrected chi connectivity index (χ3v) is 6.44. The molecule has 0 fully saturated rings. The Balaban J connectivity index is 4.38. The molecule has 0 radical (unpaired) electrons. The number of ether oxygens (including phenoxy) is 2. The van der Waals surface area contributed by atoms with Crippen LogP contribution in [0.3, 0.4) is 0 Å². The van der Waals surface area contributed by atoms with Crippen LogP contribution in [-0.4, -0.2) is 92.5 Å². The number of quaternary nitrogens is 1. The van der Waals surface area contributed by atoms with Crippen molar-refractivity contribution in [3.8, 4) is 0 Å². The lowest BCUT2D eigenvalue weighted by molar-refractivity contribution is -0.870. The van der Waals surface area contributed by atoms with E-state index >= 15 is 0 Å². The molecule has 0 aliphatic rings. The maximum Gasteiger partial charge on any atom is 0.306 e. The molecule has 0 amide bonds. The Kier molecular flexibility index (Phi) is 23.2. The molecule has 250 valence electrons. The van der Waals surface area contributed by atoms with E-state index in [4.69, 9.17) is 18.5 Å². The first-order valence-electron chi connectivity index (χ1n) is 14.8. The third kappa shape index (κ3) is 28.2. The molecule has 4 atom stereocenters. The molecule has 0 bridgehead atoms. The lowest BCUT2D eigenvalue weighted by atomic mass is 10.2. The van der Waals surface area contributed by atoms with E-state index in [-0.39, 0.29) is 19.6 Å². The van der Waals surface area contributed by atoms with Crippen LogP contribution >= 0.6 is 7.82 Å². The molecule has 0 saturated carbocycles. The molecular formula is C32H52NO10P. The molecule has 12 heteroatoms. The van der Waals surface area contributed by atoms with Gasteiger partial charge in [0.25, 0.3) is 7.82 Å². The van der Waals surface area contributed by atoms with Crippen LogP contribution in [0, 0.1) is 0 Å². The third-order valence-electron chi connectivity index (χ3n) is 5.48. The molecule has 0 spiro atoms. The van der Waals surface area contributed by atoms with Crippen LogP contribution in [0.25, 0.3) is 0 Å². The zero-order chi connectivity index (χ0) is 33.3. The van der Waals surface area contributed by atoms with Gasteiger partial charge in [0.2, 0.25) is 0 Å². The molecule has 1 unspecified atom stereocenters. The summed E-state index contributed by atoms with van der Waals surface area (Å²) < 4.78 is 32.3. The SMILES string of the molecule is CC/C=C\C[C@H](O)/C=C/C=C\C=C\[C@H](O)C/C=C\C/C=C\CCC(=O)O[C@H](COC(C)=O)COP(=O)([O-])OCC[N+](C)(C)C. The topological polar surface area (TPSA) is 152 Å². The van der Waals surface area contributed by atoms with Gasteiger partial charge in [-0.3, -0.25) is 14.2 Å². The zero-order valence-corrected chi connectivity index (χ0v) is 27.7. The van der Waals surface area contributed by atoms with Crippen molar-refractivity contribution < 1.29 is 52.3 Å². The molecule has 11 nitrogen and oxygen atoms in total. The number of phosphoric acid groups is 1. The fourth-order valence-corrected chi connectivity index (χ4v) is 3.84. The quantitative estimate of drug-likeness (QED) is 0.0518. The number of rotatable bonds is 24. The van der Waals surface area contributed by atoms with Crippen molar-refractivity contribution in [1.82, 2.24) is 0 Å². The molecule has 44 heavy (non-hydrogen) atoms. The van der Waals surface area contributed by atoms with Crippen molar-refractivity contribution in [3.05, 3.63) is 72.9 Å². The van der Waals surface area contributed by atoms with Crippen LogP contribution < -0.4 is 4.89 Å². The summed E-state index contributed by atoms with van der Waals surface area (Å²) >= 11 is 0. The summed E-state index contributed by atoms with van der Waals surface area (Å²) in [5.41, 5.74) is 0. The van der Waals surface area contributed by atoms with Crippen LogP contribution in [0.4, 0.5) is 0 Å². The highest BCUT2D eigenvalue weighted by Crippen LogP contribution is 2.38. The Hall–Kier alpha value is -2.63. The number of nitrogens with zero attached hydrogens (tertiary/aromatic N) is 1. The van der Waals surface area contributed by atoms with Gasteiger partial charge in [-0.1, -0.05) is 79.8 Å². The highest BCUT2D eigenvalue weighted by molar-refractivity contribution is 7.45. The van der Waals surface area contributed by atoms with Crippen molar-refractivity contribution >= 4 is 19.8 Å². The molecular weight excluding hydrogens is 589 g/mol. The number of likely N-dealkylation sites (N-methyl/N-ethyl adjacent to an activating group) is 1. The second-order valence-corrected chi connectivity index (χ2v) is 12.3. The molecule has 0 aromatic heterocycles. The van der Waals surface area contributed by atoms with Crippen LogP contribution in [0.15, 0.2) is 72.9 Å². The van der Waals surface area contributed by atoms with Crippen LogP contribution in [0.2, 0.25) is 0 Å². The molecule has 0 saturated heterocycles. The van der Waals surface area contributed by atoms with Gasteiger partial charge in [-0.25, -0.2) is 0 Å². The second kappa shape index (κ2) is 24.7. The summed E-state index contributed by atoms with van der Waals surface area (Å²) in [6, 6.07) is 0. The summed E-state index contributed by atoms with van der Waals surface area (Å²) in [7, 11) is 1.02. The van der Waals surface area contributed by atoms with Gasteiger partial charge in [0.15, 0.2) is 6.10 Å². The molecule has 0 aliphatic carbocycles. The normalized spacial score (nSPS) is 16.5. The van der Waals surface area contributed by atoms with Gasteiger partial charge in [-0.15, -0.1) is 0 Å². The fourth-order valence-electron chi connectivity index (χ4n) is 3.11. The van der Waals surface area contributed by atoms with Gasteiger partial charge in [0.1, 0.15) is 19.8 Å². The molecule has 0 rings (SSSR count). The number of hydrogen-bond acceptors (Lipinski definition) is 10. The van der Waals surface area contributed by atoms with Crippen LogP contribution in [0.5, 0.6) is 0 Å². The Labute approximate surface area is 263 Å². The van der Waals surface area contributed by atoms with E-state index < -0.39 is 44.7 Å². The number of allylic oxidation sites excluding steroid dienone is 8. The second-order valence-electron chi connectivity index (χ2n) is 10.9. The predicted octanol–water partition coefficient (Wildman–Crippen LogP) is 4.09. The molecule has 0 heterocycles. The Morgan fingerprint density at radius 3 is 2.02 bits per heavy atom. The van der Waals surface area contributed by atoms with Crippen molar-refractivity contribution in [2.75, 3.05) is 47.5 Å². The first-order valence-corrected chi connectivity index (χ1v) is 16.3. The minimum atomic E-state index is -4.63. The summed E-state index contributed by atoms with van der Waals surface area (Å²) in [6.45, 7) is 2.70. The van der Waals surface area contributed by atoms with E-state index in [0.29, 0.717) is 36.7 Å². The van der Waals surface area contributed by atoms with Crippen LogP contribution in [0.1, 0.15) is 52.4 Å². The number of aliphatic hydroxyl groups is 2. The minimum Gasteiger partial charge on any atom is -0.756 e. The Morgan fingerprint density at radius 2 is 1.45 bits per heavy atom. The van der Waals surface area contributed by atoms with Crippen molar-refractivity contribution in [2.45, 2.75) is 70.7 Å². The Morgan fingerprint density at radius 1 is 0.864 bits per heavy atom. The first-order chi connectivity index (χ1) is 20.7. The summed E-state index contributed by atoms with van der Waals surface area (Å²) in [6.07, 6.45) is 22.6. The fraction of sp³-hybridized carbons (Fsp3) is 0.562. The molecule has 0 aromatic rings. The number of hydrogen-bond donors (Lipinski definition) is 2. The zero-order valence-electron chi connectivity index (χ0n) is 26.8. The maximum atomic E-state index is 12.2. The van der Waals surface area contributed by atoms with Gasteiger partial charge >= 0.3 is 11.9 Å². The Bertz CT molecular complexity index is 1030. The van der Waals surface area contributed by atoms with Crippen molar-refractivity contribution in [1.29, 1.82) is 0 Å². The van der Waals surface area contributed by atoms with Crippen molar-refractivity contribution in [3.63, 3.8) is 0 Å². The van der Waals surface area contributed by atoms with Gasteiger partial charge in [-0.05, 0) is 32.1 Å². The molecule has 0 aliphatic heterocycles. The highest BCUT2D eigenvalue weighted by atomic mass is 31.2. The van der Waals surface area contributed by atoms with E-state index in [1.807, 2.05) is 64.5 Å². The summed E-state index contributed by atoms with van der Waals surface area (Å²) in [4.78, 5) is 35.4. The number of aliphatic hydroxyl groups excluding tert-OH is 2. The van der Waals surface area contributed by atoms with Gasteiger partial charge in [0, 0.05) is 13.3 Å². The lowest BCUT2D eigenvalue weighted by Gasteiger charge is -2.28. The van der Waals surface area contributed by atoms with E-state index in [1.165, 1.54) is 6.92 Å². The molecule has 2 N–H and O–H groups in total. The first kappa shape index (κ1) is 41.4. The van der Waals surface area contributed by atoms with Crippen molar-refractivity contribution in [2.24, 2.45) is 0 Å². The van der Waals surface area contributed by atoms with E-state index in [2.05, 4.69) is 0 Å². The average molecular weight is 642 g/mol. The predicted molar refractivity (Wildman–Crippen MR) is 169 cm³/mol. The summed E-state index contributed by atoms with van der Waals surface area (Å²) in [5, 5.41) is 19.8. The highest BCUT2D eigenvalue weighted by Gasteiger charge is 2.21. The monoisotopic (exact) mass is 641 g/mol. The number of phosphoric ester groups is 1. The standard InChI is InChI=1S/C32H52NO10P/c1-6-7-14-19-29(35)21-16-12-13-17-22-30(36)20-15-10-8-9-11-18-23-32(37)43-31(26-40-28(2)34)27-42-44(38,39)41-25-24-33(3,4)5/h7,9-17,21-22,29-31,35-36H,6,8,18-20,23-27H2,1-5H3/b11-9-,13-12-,14-7-,15-10-,21-16+,22-17+/t29-,30+,31+/m0/s1. The number of carbonyl (C=O) groups excluding carboxylic acids is 2. The van der Waals surface area contributed by atoms with E-state index in [9.17, 15) is 29.3 Å². The lowest BCUT2D eigenvalue weighted by Crippen LogP contribution is -2.37. The van der Waals surface area contributed by atoms with Crippen LogP contribution in [-0.2, 0) is 32.7 Å². The number of esters is 2. The largest absolute Gasteiger partial charge is 0.756 e. The smallest absolute Gasteiger partial charge is 0.306 e. The van der Waals surface area contributed by atoms with Gasteiger partial charge < -0.3 is 38.1 Å².